The Bertz CT molecular complexity index is 1340. The Labute approximate surface area is 188 Å². The number of pyridine rings is 1. The molecule has 0 spiro atoms. The highest BCUT2D eigenvalue weighted by molar-refractivity contribution is 8.00. The number of amides is 2. The minimum absolute atomic E-state index is 0.230. The number of thioether (sulfide) groups is 1. The van der Waals surface area contributed by atoms with Gasteiger partial charge in [0.05, 0.1) is 10.7 Å². The van der Waals surface area contributed by atoms with Crippen LogP contribution in [-0.2, 0) is 5.75 Å². The number of fused-ring (bicyclic) bond motifs is 1. The predicted octanol–water partition coefficient (Wildman–Crippen LogP) is 4.58. The second-order valence-corrected chi connectivity index (χ2v) is 9.00. The van der Waals surface area contributed by atoms with Crippen molar-refractivity contribution < 1.29 is 9.18 Å². The first-order valence-electron chi connectivity index (χ1n) is 8.86. The average molecular weight is 477 g/mol. The van der Waals surface area contributed by atoms with Gasteiger partial charge in [0.1, 0.15) is 11.5 Å². The Kier molecular flexibility index (Phi) is 6.16. The summed E-state index contributed by atoms with van der Waals surface area (Å²) in [6.07, 6.45) is 1.52. The van der Waals surface area contributed by atoms with Crippen molar-refractivity contribution >= 4 is 57.2 Å². The van der Waals surface area contributed by atoms with Gasteiger partial charge in [-0.1, -0.05) is 40.8 Å². The first-order valence-corrected chi connectivity index (χ1v) is 11.0. The molecule has 1 aromatic carbocycles. The molecule has 0 fully saturated rings. The fourth-order valence-electron chi connectivity index (χ4n) is 2.58. The number of halogens is 2. The third kappa shape index (κ3) is 5.19. The molecule has 3 aromatic heterocycles. The summed E-state index contributed by atoms with van der Waals surface area (Å²) in [4.78, 5) is 28.8. The van der Waals surface area contributed by atoms with Crippen LogP contribution >= 0.6 is 34.7 Å². The number of carbonyl (C=O) groups is 1. The number of carbonyl (C=O) groups excluding carboxylic acids is 1. The van der Waals surface area contributed by atoms with E-state index in [1.165, 1.54) is 45.8 Å². The Morgan fingerprint density at radius 3 is 2.87 bits per heavy atom. The number of aryl methyl sites for hydroxylation is 1. The van der Waals surface area contributed by atoms with Gasteiger partial charge in [-0.25, -0.2) is 14.2 Å². The van der Waals surface area contributed by atoms with Crippen LogP contribution < -0.4 is 16.2 Å². The van der Waals surface area contributed by atoms with Gasteiger partial charge in [0.25, 0.3) is 5.56 Å². The van der Waals surface area contributed by atoms with Gasteiger partial charge in [-0.05, 0) is 36.8 Å². The molecule has 2 N–H and O–H groups in total. The smallest absolute Gasteiger partial charge is 0.308 e. The molecular formula is C19H14ClFN6O2S2. The lowest BCUT2D eigenvalue weighted by Crippen LogP contribution is -2.19. The van der Waals surface area contributed by atoms with E-state index in [9.17, 15) is 14.0 Å². The molecule has 8 nitrogen and oxygen atoms in total. The molecule has 0 radical (unpaired) electrons. The molecule has 4 aromatic rings. The zero-order valence-corrected chi connectivity index (χ0v) is 18.3. The van der Waals surface area contributed by atoms with Crippen LogP contribution in [0.1, 0.15) is 11.3 Å². The van der Waals surface area contributed by atoms with Crippen molar-refractivity contribution in [1.82, 2.24) is 19.6 Å². The number of nitrogens with zero attached hydrogens (tertiary/aromatic N) is 4. The second kappa shape index (κ2) is 9.00. The van der Waals surface area contributed by atoms with Crippen molar-refractivity contribution in [2.24, 2.45) is 0 Å². The number of rotatable bonds is 5. The fraction of sp³-hybridized carbons (Fsp3) is 0.105. The van der Waals surface area contributed by atoms with Crippen LogP contribution in [0.2, 0.25) is 5.02 Å². The van der Waals surface area contributed by atoms with Gasteiger partial charge in [-0.15, -0.1) is 10.2 Å². The van der Waals surface area contributed by atoms with Crippen molar-refractivity contribution in [2.75, 3.05) is 10.6 Å². The molecule has 4 rings (SSSR count). The van der Waals surface area contributed by atoms with Gasteiger partial charge in [-0.2, -0.15) is 0 Å². The highest BCUT2D eigenvalue weighted by Gasteiger charge is 2.11. The summed E-state index contributed by atoms with van der Waals surface area (Å²) < 4.78 is 15.6. The van der Waals surface area contributed by atoms with Gasteiger partial charge in [0.15, 0.2) is 4.34 Å². The van der Waals surface area contributed by atoms with Crippen LogP contribution in [0.4, 0.5) is 20.0 Å². The van der Waals surface area contributed by atoms with Crippen molar-refractivity contribution in [3.05, 3.63) is 75.0 Å². The summed E-state index contributed by atoms with van der Waals surface area (Å²) in [6, 6.07) is 8.63. The number of urea groups is 1. The molecule has 0 aliphatic rings. The standard InChI is InChI=1S/C19H14ClFN6O2S2/c1-10-2-4-12(6-14(10)21)23-17(29)24-18-25-26-19(31-18)30-9-13-7-16(28)27-8-11(20)3-5-15(27)22-13/h2-8H,9H2,1H3,(H2,23,24,25,29). The Morgan fingerprint density at radius 2 is 2.06 bits per heavy atom. The maximum atomic E-state index is 13.6. The molecule has 0 aliphatic carbocycles. The molecule has 0 unspecified atom stereocenters. The Hall–Kier alpha value is -3.02. The van der Waals surface area contributed by atoms with E-state index in [2.05, 4.69) is 25.8 Å². The molecule has 31 heavy (non-hydrogen) atoms. The molecule has 0 atom stereocenters. The lowest BCUT2D eigenvalue weighted by molar-refractivity contribution is 0.262. The van der Waals surface area contributed by atoms with Gasteiger partial charge < -0.3 is 5.32 Å². The summed E-state index contributed by atoms with van der Waals surface area (Å²) in [5.41, 5.74) is 1.67. The molecule has 158 valence electrons. The van der Waals surface area contributed by atoms with Crippen LogP contribution in [0.15, 0.2) is 51.7 Å². The van der Waals surface area contributed by atoms with Gasteiger partial charge in [-0.3, -0.25) is 14.5 Å². The number of hydrogen-bond donors (Lipinski definition) is 2. The minimum Gasteiger partial charge on any atom is -0.308 e. The number of benzene rings is 1. The first-order chi connectivity index (χ1) is 14.9. The molecule has 12 heteroatoms. The van der Waals surface area contributed by atoms with E-state index in [1.54, 1.807) is 31.2 Å². The summed E-state index contributed by atoms with van der Waals surface area (Å²) in [5.74, 6) is -0.00452. The quantitative estimate of drug-likeness (QED) is 0.323. The fourth-order valence-corrected chi connectivity index (χ4v) is 4.38. The van der Waals surface area contributed by atoms with Crippen LogP contribution in [-0.4, -0.2) is 25.6 Å². The van der Waals surface area contributed by atoms with Crippen molar-refractivity contribution in [1.29, 1.82) is 0 Å². The van der Waals surface area contributed by atoms with E-state index in [-0.39, 0.29) is 10.7 Å². The summed E-state index contributed by atoms with van der Waals surface area (Å²) >= 11 is 8.42. The van der Waals surface area contributed by atoms with Gasteiger partial charge >= 0.3 is 6.03 Å². The number of anilines is 2. The second-order valence-electron chi connectivity index (χ2n) is 6.37. The summed E-state index contributed by atoms with van der Waals surface area (Å²) in [6.45, 7) is 1.64. The monoisotopic (exact) mass is 476 g/mol. The number of hydrogen-bond acceptors (Lipinski definition) is 7. The SMILES string of the molecule is Cc1ccc(NC(=O)Nc2nnc(SCc3cc(=O)n4cc(Cl)ccc4n3)s2)cc1F. The lowest BCUT2D eigenvalue weighted by atomic mass is 10.2. The zero-order valence-electron chi connectivity index (χ0n) is 15.9. The first kappa shape index (κ1) is 21.2. The van der Waals surface area contributed by atoms with Crippen LogP contribution in [0.5, 0.6) is 0 Å². The number of nitrogens with one attached hydrogen (secondary N) is 2. The Balaban J connectivity index is 1.37. The molecule has 3 heterocycles. The molecule has 0 saturated carbocycles. The molecule has 0 saturated heterocycles. The highest BCUT2D eigenvalue weighted by Crippen LogP contribution is 2.28. The average Bonchev–Trinajstić information content (AvgIpc) is 3.17. The summed E-state index contributed by atoms with van der Waals surface area (Å²) in [5, 5.41) is 13.8. The van der Waals surface area contributed by atoms with Gasteiger partial charge in [0, 0.05) is 23.7 Å². The zero-order chi connectivity index (χ0) is 22.0. The molecule has 0 bridgehead atoms. The third-order valence-corrected chi connectivity index (χ3v) is 6.31. The van der Waals surface area contributed by atoms with E-state index in [0.29, 0.717) is 37.7 Å². The molecular weight excluding hydrogens is 463 g/mol. The van der Waals surface area contributed by atoms with Crippen molar-refractivity contribution in [3.8, 4) is 0 Å². The van der Waals surface area contributed by atoms with E-state index in [4.69, 9.17) is 11.6 Å². The molecule has 2 amide bonds. The largest absolute Gasteiger partial charge is 0.325 e. The Morgan fingerprint density at radius 1 is 1.23 bits per heavy atom. The van der Waals surface area contributed by atoms with Crippen LogP contribution in [0, 0.1) is 12.7 Å². The van der Waals surface area contributed by atoms with E-state index < -0.39 is 11.8 Å². The maximum Gasteiger partial charge on any atom is 0.325 e. The van der Waals surface area contributed by atoms with Crippen LogP contribution in [0.3, 0.4) is 0 Å². The predicted molar refractivity (Wildman–Crippen MR) is 120 cm³/mol. The van der Waals surface area contributed by atoms with E-state index >= 15 is 0 Å². The van der Waals surface area contributed by atoms with Crippen LogP contribution in [0.25, 0.3) is 5.65 Å². The van der Waals surface area contributed by atoms with Crippen molar-refractivity contribution in [3.63, 3.8) is 0 Å². The number of aromatic nitrogens is 4. The molecule has 0 aliphatic heterocycles. The normalized spacial score (nSPS) is 10.9. The van der Waals surface area contributed by atoms with Gasteiger partial charge in [0.2, 0.25) is 5.13 Å². The highest BCUT2D eigenvalue weighted by atomic mass is 35.5. The van der Waals surface area contributed by atoms with Crippen molar-refractivity contribution in [2.45, 2.75) is 17.0 Å². The minimum atomic E-state index is -0.557. The van der Waals surface area contributed by atoms with E-state index in [0.717, 1.165) is 0 Å². The van der Waals surface area contributed by atoms with E-state index in [1.807, 2.05) is 0 Å². The topological polar surface area (TPSA) is 101 Å². The third-order valence-electron chi connectivity index (χ3n) is 4.08. The summed E-state index contributed by atoms with van der Waals surface area (Å²) in [7, 11) is 0. The maximum absolute atomic E-state index is 13.6. The lowest BCUT2D eigenvalue weighted by Gasteiger charge is -2.06.